The fraction of sp³-hybridized carbons (Fsp3) is 0. The van der Waals surface area contributed by atoms with E-state index in [1.54, 1.807) is 0 Å². The van der Waals surface area contributed by atoms with E-state index in [4.69, 9.17) is 16.7 Å². The molecule has 2 aromatic carbocycles. The van der Waals surface area contributed by atoms with E-state index >= 15 is 0 Å². The number of carboxylic acid groups (broad SMARTS) is 1. The first-order valence-corrected chi connectivity index (χ1v) is 6.05. The third kappa shape index (κ3) is 3.35. The first kappa shape index (κ1) is 14.9. The number of halogens is 3. The zero-order valence-corrected chi connectivity index (χ0v) is 11.1. The van der Waals surface area contributed by atoms with Crippen molar-refractivity contribution in [1.29, 1.82) is 0 Å². The van der Waals surface area contributed by atoms with Gasteiger partial charge < -0.3 is 10.4 Å². The van der Waals surface area contributed by atoms with Crippen LogP contribution in [-0.4, -0.2) is 17.0 Å². The lowest BCUT2D eigenvalue weighted by molar-refractivity contribution is 0.0696. The number of aromatic carboxylic acids is 1. The van der Waals surface area contributed by atoms with Crippen LogP contribution in [0.5, 0.6) is 0 Å². The van der Waals surface area contributed by atoms with Crippen LogP contribution in [0.4, 0.5) is 14.5 Å². The van der Waals surface area contributed by atoms with Gasteiger partial charge in [0.25, 0.3) is 5.91 Å². The third-order valence-corrected chi connectivity index (χ3v) is 2.94. The molecule has 0 aliphatic heterocycles. The summed E-state index contributed by atoms with van der Waals surface area (Å²) in [5.41, 5.74) is -0.385. The van der Waals surface area contributed by atoms with Gasteiger partial charge in [0, 0.05) is 5.56 Å². The molecule has 0 unspecified atom stereocenters. The molecule has 0 saturated heterocycles. The van der Waals surface area contributed by atoms with E-state index in [0.29, 0.717) is 0 Å². The molecule has 0 atom stereocenters. The standard InChI is InChI=1S/C14H8ClF2NO3/c15-9-5-7(1-3-10(9)16)13(19)18-12-4-2-8(14(20)21)6-11(12)17/h1-6H,(H,18,19)(H,20,21). The maximum Gasteiger partial charge on any atom is 0.335 e. The van der Waals surface area contributed by atoms with Gasteiger partial charge in [-0.25, -0.2) is 13.6 Å². The van der Waals surface area contributed by atoms with Crippen molar-refractivity contribution in [2.75, 3.05) is 5.32 Å². The van der Waals surface area contributed by atoms with Gasteiger partial charge in [0.15, 0.2) is 0 Å². The van der Waals surface area contributed by atoms with E-state index in [-0.39, 0.29) is 21.8 Å². The van der Waals surface area contributed by atoms with Crippen LogP contribution in [0.1, 0.15) is 20.7 Å². The maximum absolute atomic E-state index is 13.7. The van der Waals surface area contributed by atoms with Crippen LogP contribution >= 0.6 is 11.6 Å². The number of hydrogen-bond acceptors (Lipinski definition) is 2. The highest BCUT2D eigenvalue weighted by molar-refractivity contribution is 6.31. The van der Waals surface area contributed by atoms with Crippen molar-refractivity contribution in [2.24, 2.45) is 0 Å². The molecule has 1 amide bonds. The zero-order chi connectivity index (χ0) is 15.6. The van der Waals surface area contributed by atoms with Gasteiger partial charge in [-0.05, 0) is 36.4 Å². The second kappa shape index (κ2) is 5.88. The lowest BCUT2D eigenvalue weighted by Gasteiger charge is -2.07. The molecule has 2 aromatic rings. The maximum atomic E-state index is 13.7. The highest BCUT2D eigenvalue weighted by Gasteiger charge is 2.13. The lowest BCUT2D eigenvalue weighted by Crippen LogP contribution is -2.13. The number of carboxylic acids is 1. The van der Waals surface area contributed by atoms with Crippen LogP contribution < -0.4 is 5.32 Å². The summed E-state index contributed by atoms with van der Waals surface area (Å²) < 4.78 is 26.7. The average Bonchev–Trinajstić information content (AvgIpc) is 2.43. The van der Waals surface area contributed by atoms with Crippen LogP contribution in [0.15, 0.2) is 36.4 Å². The largest absolute Gasteiger partial charge is 0.478 e. The molecule has 0 aliphatic carbocycles. The molecular formula is C14H8ClF2NO3. The minimum atomic E-state index is -1.28. The number of benzene rings is 2. The number of nitrogens with one attached hydrogen (secondary N) is 1. The molecule has 0 fully saturated rings. The van der Waals surface area contributed by atoms with Gasteiger partial charge in [-0.2, -0.15) is 0 Å². The van der Waals surface area contributed by atoms with Crippen LogP contribution in [0.2, 0.25) is 5.02 Å². The number of anilines is 1. The van der Waals surface area contributed by atoms with Crippen LogP contribution in [0.3, 0.4) is 0 Å². The number of hydrogen-bond donors (Lipinski definition) is 2. The van der Waals surface area contributed by atoms with Gasteiger partial charge in [0.2, 0.25) is 0 Å². The summed E-state index contributed by atoms with van der Waals surface area (Å²) in [6.45, 7) is 0. The van der Waals surface area contributed by atoms with Crippen LogP contribution in [-0.2, 0) is 0 Å². The fourth-order valence-corrected chi connectivity index (χ4v) is 1.76. The number of carbonyl (C=O) groups excluding carboxylic acids is 1. The summed E-state index contributed by atoms with van der Waals surface area (Å²) in [5, 5.41) is 10.7. The molecule has 2 rings (SSSR count). The second-order valence-electron chi connectivity index (χ2n) is 4.08. The van der Waals surface area contributed by atoms with Crippen molar-refractivity contribution >= 4 is 29.2 Å². The van der Waals surface area contributed by atoms with Crippen LogP contribution in [0, 0.1) is 11.6 Å². The molecule has 0 heterocycles. The van der Waals surface area contributed by atoms with E-state index in [9.17, 15) is 18.4 Å². The first-order valence-electron chi connectivity index (χ1n) is 5.67. The number of rotatable bonds is 3. The Labute approximate surface area is 123 Å². The summed E-state index contributed by atoms with van der Waals surface area (Å²) in [6.07, 6.45) is 0. The molecule has 0 radical (unpaired) electrons. The van der Waals surface area contributed by atoms with Crippen LogP contribution in [0.25, 0.3) is 0 Å². The van der Waals surface area contributed by atoms with Crippen molar-refractivity contribution in [2.45, 2.75) is 0 Å². The minimum absolute atomic E-state index is 0.0445. The van der Waals surface area contributed by atoms with E-state index < -0.39 is 23.5 Å². The van der Waals surface area contributed by atoms with E-state index in [0.717, 1.165) is 30.3 Å². The molecule has 21 heavy (non-hydrogen) atoms. The Bertz CT molecular complexity index is 734. The van der Waals surface area contributed by atoms with Crippen molar-refractivity contribution in [3.8, 4) is 0 Å². The summed E-state index contributed by atoms with van der Waals surface area (Å²) in [5.74, 6) is -3.54. The molecule has 7 heteroatoms. The van der Waals surface area contributed by atoms with Gasteiger partial charge in [-0.1, -0.05) is 11.6 Å². The quantitative estimate of drug-likeness (QED) is 0.910. The highest BCUT2D eigenvalue weighted by Crippen LogP contribution is 2.19. The molecule has 2 N–H and O–H groups in total. The SMILES string of the molecule is O=C(O)c1ccc(NC(=O)c2ccc(F)c(Cl)c2)c(F)c1. The van der Waals surface area contributed by atoms with Gasteiger partial charge >= 0.3 is 5.97 Å². The summed E-state index contributed by atoms with van der Waals surface area (Å²) in [6, 6.07) is 6.38. The normalized spacial score (nSPS) is 10.2. The Morgan fingerprint density at radius 3 is 2.24 bits per heavy atom. The Morgan fingerprint density at radius 1 is 1.00 bits per heavy atom. The first-order chi connectivity index (χ1) is 9.88. The van der Waals surface area contributed by atoms with Gasteiger partial charge in [-0.15, -0.1) is 0 Å². The predicted molar refractivity (Wildman–Crippen MR) is 72.7 cm³/mol. The Kier molecular flexibility index (Phi) is 4.18. The van der Waals surface area contributed by atoms with Crippen molar-refractivity contribution in [3.63, 3.8) is 0 Å². The topological polar surface area (TPSA) is 66.4 Å². The van der Waals surface area contributed by atoms with E-state index in [2.05, 4.69) is 5.32 Å². The Morgan fingerprint density at radius 2 is 1.67 bits per heavy atom. The molecule has 0 bridgehead atoms. The molecule has 0 aromatic heterocycles. The number of carbonyl (C=O) groups is 2. The average molecular weight is 312 g/mol. The Hall–Kier alpha value is -2.47. The van der Waals surface area contributed by atoms with Crippen molar-refractivity contribution < 1.29 is 23.5 Å². The van der Waals surface area contributed by atoms with Crippen molar-refractivity contribution in [3.05, 3.63) is 64.2 Å². The summed E-state index contributed by atoms with van der Waals surface area (Å²) in [4.78, 5) is 22.5. The minimum Gasteiger partial charge on any atom is -0.478 e. The highest BCUT2D eigenvalue weighted by atomic mass is 35.5. The molecular weight excluding hydrogens is 304 g/mol. The van der Waals surface area contributed by atoms with E-state index in [1.165, 1.54) is 6.07 Å². The van der Waals surface area contributed by atoms with E-state index in [1.807, 2.05) is 0 Å². The van der Waals surface area contributed by atoms with Gasteiger partial charge in [0.05, 0.1) is 16.3 Å². The second-order valence-corrected chi connectivity index (χ2v) is 4.49. The molecule has 0 saturated carbocycles. The molecule has 0 aliphatic rings. The smallest absolute Gasteiger partial charge is 0.335 e. The van der Waals surface area contributed by atoms with Gasteiger partial charge in [0.1, 0.15) is 11.6 Å². The van der Waals surface area contributed by atoms with Gasteiger partial charge in [-0.3, -0.25) is 4.79 Å². The molecule has 108 valence electrons. The lowest BCUT2D eigenvalue weighted by atomic mass is 10.1. The monoisotopic (exact) mass is 311 g/mol. The fourth-order valence-electron chi connectivity index (χ4n) is 1.58. The predicted octanol–water partition coefficient (Wildman–Crippen LogP) is 3.57. The number of amides is 1. The summed E-state index contributed by atoms with van der Waals surface area (Å²) in [7, 11) is 0. The Balaban J connectivity index is 2.23. The molecule has 4 nitrogen and oxygen atoms in total. The molecule has 0 spiro atoms. The summed E-state index contributed by atoms with van der Waals surface area (Å²) >= 11 is 5.55. The zero-order valence-electron chi connectivity index (χ0n) is 10.4. The van der Waals surface area contributed by atoms with Crippen molar-refractivity contribution in [1.82, 2.24) is 0 Å². The third-order valence-electron chi connectivity index (χ3n) is 2.65.